The predicted molar refractivity (Wildman–Crippen MR) is 41.7 cm³/mol. The van der Waals surface area contributed by atoms with Gasteiger partial charge in [0.1, 0.15) is 5.41 Å². The van der Waals surface area contributed by atoms with Crippen LogP contribution in [0.4, 0.5) is 0 Å². The summed E-state index contributed by atoms with van der Waals surface area (Å²) in [4.78, 5) is 11.0. The Labute approximate surface area is 75.7 Å². The lowest BCUT2D eigenvalue weighted by Gasteiger charge is -2.38. The van der Waals surface area contributed by atoms with Gasteiger partial charge in [0, 0.05) is 4.11 Å². The molecule has 1 N–H and O–H groups in total. The average Bonchev–Trinajstić information content (AvgIpc) is 2.01. The largest absolute Gasteiger partial charge is 0.481 e. The van der Waals surface area contributed by atoms with Crippen LogP contribution in [0.2, 0.25) is 0 Å². The maximum absolute atomic E-state index is 11.0. The first-order valence-electron chi connectivity index (χ1n) is 5.12. The third-order valence-electron chi connectivity index (χ3n) is 1.74. The van der Waals surface area contributed by atoms with Crippen LogP contribution in [-0.2, 0) is 14.3 Å². The summed E-state index contributed by atoms with van der Waals surface area (Å²) in [5.41, 5.74) is -1.96. The van der Waals surface area contributed by atoms with E-state index in [9.17, 15) is 4.79 Å². The average molecular weight is 177 g/mol. The molecule has 0 aromatic carbocycles. The van der Waals surface area contributed by atoms with Crippen molar-refractivity contribution in [1.82, 2.24) is 0 Å². The molecule has 12 heavy (non-hydrogen) atoms. The summed E-state index contributed by atoms with van der Waals surface area (Å²) in [5.74, 6) is -2.34. The monoisotopic (exact) mass is 177 g/mol. The fourth-order valence-electron chi connectivity index (χ4n) is 0.801. The second kappa shape index (κ2) is 2.71. The fraction of sp³-hybridized carbons (Fsp3) is 0.875. The summed E-state index contributed by atoms with van der Waals surface area (Å²) in [5, 5.41) is 8.97. The molecule has 70 valence electrons. The molecule has 0 amide bonds. The molecule has 1 saturated heterocycles. The lowest BCUT2D eigenvalue weighted by atomic mass is 9.92. The number of carboxylic acids is 1. The minimum absolute atomic E-state index is 0.369. The quantitative estimate of drug-likeness (QED) is 0.645. The Bertz CT molecular complexity index is 262. The van der Waals surface area contributed by atoms with E-state index in [0.29, 0.717) is 0 Å². The van der Waals surface area contributed by atoms with Gasteiger partial charge in [-0.3, -0.25) is 4.79 Å². The lowest BCUT2D eigenvalue weighted by Crippen LogP contribution is -2.48. The molecular weight excluding hydrogens is 160 g/mol. The molecule has 0 atom stereocenters. The minimum atomic E-state index is -2.64. The molecule has 0 spiro atoms. The van der Waals surface area contributed by atoms with Gasteiger partial charge < -0.3 is 14.6 Å². The molecule has 0 aromatic rings. The molecule has 1 heterocycles. The van der Waals surface area contributed by atoms with Crippen molar-refractivity contribution in [1.29, 1.82) is 0 Å². The third-order valence-corrected chi connectivity index (χ3v) is 1.74. The molecule has 4 heteroatoms. The number of aliphatic carboxylic acids is 1. The van der Waals surface area contributed by atoms with Crippen LogP contribution in [0.3, 0.4) is 0 Å². The zero-order valence-electron chi connectivity index (χ0n) is 10.1. The maximum atomic E-state index is 11.0. The number of ether oxygens (including phenoxy) is 2. The van der Waals surface area contributed by atoms with Crippen LogP contribution in [0.15, 0.2) is 0 Å². The van der Waals surface area contributed by atoms with E-state index >= 15 is 0 Å². The van der Waals surface area contributed by atoms with Crippen molar-refractivity contribution >= 4 is 5.97 Å². The number of rotatable bonds is 1. The molecule has 0 aliphatic carbocycles. The Morgan fingerprint density at radius 1 is 1.50 bits per heavy atom. The zero-order chi connectivity index (χ0) is 11.9. The summed E-state index contributed by atoms with van der Waals surface area (Å²) in [6.07, 6.45) is 0. The summed E-state index contributed by atoms with van der Waals surface area (Å²) in [6, 6.07) is 0. The second-order valence-corrected chi connectivity index (χ2v) is 3.36. The van der Waals surface area contributed by atoms with Gasteiger partial charge in [0.25, 0.3) is 0 Å². The molecule has 4 nitrogen and oxygen atoms in total. The Hall–Kier alpha value is -0.610. The minimum Gasteiger partial charge on any atom is -0.481 e. The highest BCUT2D eigenvalue weighted by Crippen LogP contribution is 2.29. The van der Waals surface area contributed by atoms with Crippen molar-refractivity contribution in [3.05, 3.63) is 0 Å². The standard InChI is InChI=1S/C8H14O4/c1-7(2)11-4-8(3,5-12-7)6(9)10/h4-5H2,1-3H3,(H,9,10)/i3D3. The van der Waals surface area contributed by atoms with Gasteiger partial charge in [-0.15, -0.1) is 0 Å². The van der Waals surface area contributed by atoms with E-state index in [0.717, 1.165) is 0 Å². The number of hydrogen-bond donors (Lipinski definition) is 1. The third kappa shape index (κ3) is 1.76. The van der Waals surface area contributed by atoms with E-state index in [1.54, 1.807) is 13.8 Å². The summed E-state index contributed by atoms with van der Waals surface area (Å²) in [7, 11) is 0. The van der Waals surface area contributed by atoms with Gasteiger partial charge in [-0.2, -0.15) is 0 Å². The zero-order valence-corrected chi connectivity index (χ0v) is 7.09. The molecule has 1 aliphatic rings. The molecule has 1 fully saturated rings. The van der Waals surface area contributed by atoms with Gasteiger partial charge in [-0.25, -0.2) is 0 Å². The smallest absolute Gasteiger partial charge is 0.314 e. The van der Waals surface area contributed by atoms with Crippen LogP contribution in [-0.4, -0.2) is 30.1 Å². The normalized spacial score (nSPS) is 31.3. The van der Waals surface area contributed by atoms with Crippen molar-refractivity contribution in [2.75, 3.05) is 13.2 Å². The molecule has 0 radical (unpaired) electrons. The van der Waals surface area contributed by atoms with E-state index in [2.05, 4.69) is 0 Å². The van der Waals surface area contributed by atoms with E-state index in [1.807, 2.05) is 0 Å². The van der Waals surface area contributed by atoms with Gasteiger partial charge >= 0.3 is 5.97 Å². The van der Waals surface area contributed by atoms with Crippen LogP contribution >= 0.6 is 0 Å². The van der Waals surface area contributed by atoms with Crippen molar-refractivity contribution in [3.63, 3.8) is 0 Å². The highest BCUT2D eigenvalue weighted by atomic mass is 16.7. The van der Waals surface area contributed by atoms with Crippen molar-refractivity contribution in [3.8, 4) is 0 Å². The van der Waals surface area contributed by atoms with Crippen LogP contribution in [0.5, 0.6) is 0 Å². The van der Waals surface area contributed by atoms with Gasteiger partial charge in [0.2, 0.25) is 0 Å². The van der Waals surface area contributed by atoms with Crippen LogP contribution < -0.4 is 0 Å². The van der Waals surface area contributed by atoms with Gasteiger partial charge in [0.05, 0.1) is 13.2 Å². The van der Waals surface area contributed by atoms with Crippen molar-refractivity contribution < 1.29 is 23.5 Å². The van der Waals surface area contributed by atoms with Crippen LogP contribution in [0, 0.1) is 5.41 Å². The first-order valence-corrected chi connectivity index (χ1v) is 3.62. The van der Waals surface area contributed by atoms with Crippen molar-refractivity contribution in [2.45, 2.75) is 26.5 Å². The first kappa shape index (κ1) is 5.94. The van der Waals surface area contributed by atoms with Gasteiger partial charge in [0.15, 0.2) is 5.79 Å². The Morgan fingerprint density at radius 2 is 2.00 bits per heavy atom. The summed E-state index contributed by atoms with van der Waals surface area (Å²) < 4.78 is 31.9. The highest BCUT2D eigenvalue weighted by molar-refractivity contribution is 5.74. The number of carbonyl (C=O) groups is 1. The molecule has 1 rings (SSSR count). The summed E-state index contributed by atoms with van der Waals surface area (Å²) in [6.45, 7) is -0.163. The molecule has 0 bridgehead atoms. The predicted octanol–water partition coefficient (Wildman–Crippen LogP) is 0.860. The molecular formula is C8H14O4. The lowest BCUT2D eigenvalue weighted by molar-refractivity contribution is -0.280. The van der Waals surface area contributed by atoms with Crippen LogP contribution in [0.25, 0.3) is 0 Å². The second-order valence-electron chi connectivity index (χ2n) is 3.36. The Morgan fingerprint density at radius 3 is 2.33 bits per heavy atom. The first-order chi connectivity index (χ1) is 6.61. The van der Waals surface area contributed by atoms with Crippen molar-refractivity contribution in [2.24, 2.45) is 5.41 Å². The maximum Gasteiger partial charge on any atom is 0.314 e. The van der Waals surface area contributed by atoms with E-state index in [4.69, 9.17) is 18.7 Å². The van der Waals surface area contributed by atoms with E-state index in [1.165, 1.54) is 0 Å². The topological polar surface area (TPSA) is 55.8 Å². The molecule has 1 aliphatic heterocycles. The fourth-order valence-corrected chi connectivity index (χ4v) is 0.801. The molecule has 0 saturated carbocycles. The number of hydrogen-bond acceptors (Lipinski definition) is 3. The molecule has 0 unspecified atom stereocenters. The molecule has 0 aromatic heterocycles. The Balaban J connectivity index is 2.94. The Kier molecular flexibility index (Phi) is 1.34. The summed E-state index contributed by atoms with van der Waals surface area (Å²) >= 11 is 0. The SMILES string of the molecule is [2H]C([2H])([2H])C1(C(=O)O)COC(C)(C)OC1. The van der Waals surface area contributed by atoms with Crippen LogP contribution in [0.1, 0.15) is 24.8 Å². The van der Waals surface area contributed by atoms with Gasteiger partial charge in [-0.1, -0.05) is 0 Å². The van der Waals surface area contributed by atoms with Gasteiger partial charge in [-0.05, 0) is 20.7 Å². The highest BCUT2D eigenvalue weighted by Gasteiger charge is 2.42. The number of carboxylic acid groups (broad SMARTS) is 1. The van der Waals surface area contributed by atoms with E-state index < -0.39 is 24.0 Å². The van der Waals surface area contributed by atoms with E-state index in [-0.39, 0.29) is 13.2 Å².